The third-order valence-corrected chi connectivity index (χ3v) is 2.99. The zero-order valence-corrected chi connectivity index (χ0v) is 11.3. The SMILES string of the molecule is CC(=O)Cc1ncc(-c2c(C)cc(C)cc2C)[nH]1. The Bertz CT molecular complexity index is 573. The maximum Gasteiger partial charge on any atom is 0.137 e. The smallest absolute Gasteiger partial charge is 0.137 e. The van der Waals surface area contributed by atoms with Crippen molar-refractivity contribution in [3.8, 4) is 11.3 Å². The van der Waals surface area contributed by atoms with Crippen molar-refractivity contribution in [2.75, 3.05) is 0 Å². The summed E-state index contributed by atoms with van der Waals surface area (Å²) in [5.74, 6) is 0.852. The van der Waals surface area contributed by atoms with Gasteiger partial charge in [-0.25, -0.2) is 4.98 Å². The van der Waals surface area contributed by atoms with Gasteiger partial charge in [-0.2, -0.15) is 0 Å². The van der Waals surface area contributed by atoms with Crippen molar-refractivity contribution in [1.29, 1.82) is 0 Å². The van der Waals surface area contributed by atoms with Crippen LogP contribution in [0.2, 0.25) is 0 Å². The number of hydrogen-bond donors (Lipinski definition) is 1. The summed E-state index contributed by atoms with van der Waals surface area (Å²) in [4.78, 5) is 18.6. The Morgan fingerprint density at radius 2 is 1.83 bits per heavy atom. The van der Waals surface area contributed by atoms with Gasteiger partial charge in [-0.3, -0.25) is 4.79 Å². The van der Waals surface area contributed by atoms with E-state index in [2.05, 4.69) is 42.9 Å². The molecule has 1 aromatic heterocycles. The van der Waals surface area contributed by atoms with Crippen LogP contribution >= 0.6 is 0 Å². The van der Waals surface area contributed by atoms with E-state index in [0.717, 1.165) is 11.5 Å². The van der Waals surface area contributed by atoms with Crippen LogP contribution in [0.1, 0.15) is 29.4 Å². The molecule has 0 fully saturated rings. The number of rotatable bonds is 3. The fourth-order valence-corrected chi connectivity index (χ4v) is 2.42. The van der Waals surface area contributed by atoms with Gasteiger partial charge in [-0.15, -0.1) is 0 Å². The molecule has 1 heterocycles. The summed E-state index contributed by atoms with van der Waals surface area (Å²) >= 11 is 0. The highest BCUT2D eigenvalue weighted by Gasteiger charge is 2.10. The first-order valence-electron chi connectivity index (χ1n) is 6.09. The van der Waals surface area contributed by atoms with Gasteiger partial charge in [0.2, 0.25) is 0 Å². The molecule has 0 aliphatic rings. The Kier molecular flexibility index (Phi) is 3.32. The number of H-pyrrole nitrogens is 1. The van der Waals surface area contributed by atoms with Gasteiger partial charge >= 0.3 is 0 Å². The Labute approximate surface area is 107 Å². The third-order valence-electron chi connectivity index (χ3n) is 2.99. The van der Waals surface area contributed by atoms with Crippen molar-refractivity contribution in [3.63, 3.8) is 0 Å². The highest BCUT2D eigenvalue weighted by atomic mass is 16.1. The lowest BCUT2D eigenvalue weighted by atomic mass is 9.98. The molecule has 0 radical (unpaired) electrons. The van der Waals surface area contributed by atoms with Crippen molar-refractivity contribution < 1.29 is 4.79 Å². The Hall–Kier alpha value is -1.90. The van der Waals surface area contributed by atoms with Crippen LogP contribution in [0.5, 0.6) is 0 Å². The first-order valence-corrected chi connectivity index (χ1v) is 6.09. The van der Waals surface area contributed by atoms with Crippen LogP contribution in [-0.4, -0.2) is 15.8 Å². The molecule has 1 aromatic carbocycles. The molecule has 3 nitrogen and oxygen atoms in total. The van der Waals surface area contributed by atoms with Crippen molar-refractivity contribution in [2.45, 2.75) is 34.1 Å². The quantitative estimate of drug-likeness (QED) is 0.898. The summed E-state index contributed by atoms with van der Waals surface area (Å²) in [6.45, 7) is 7.87. The van der Waals surface area contributed by atoms with Gasteiger partial charge in [0.15, 0.2) is 0 Å². The summed E-state index contributed by atoms with van der Waals surface area (Å²) in [5, 5.41) is 0. The van der Waals surface area contributed by atoms with E-state index in [-0.39, 0.29) is 5.78 Å². The lowest BCUT2D eigenvalue weighted by Gasteiger charge is -2.09. The van der Waals surface area contributed by atoms with E-state index in [0.29, 0.717) is 6.42 Å². The standard InChI is InChI=1S/C15H18N2O/c1-9-5-10(2)15(11(3)6-9)13-8-16-14(17-13)7-12(4)18/h5-6,8H,7H2,1-4H3,(H,16,17). The second-order valence-corrected chi connectivity index (χ2v) is 4.90. The van der Waals surface area contributed by atoms with Crippen LogP contribution in [-0.2, 0) is 11.2 Å². The van der Waals surface area contributed by atoms with Crippen molar-refractivity contribution in [2.24, 2.45) is 0 Å². The predicted molar refractivity (Wildman–Crippen MR) is 72.6 cm³/mol. The lowest BCUT2D eigenvalue weighted by molar-refractivity contribution is -0.116. The number of ketones is 1. The number of nitrogens with zero attached hydrogens (tertiary/aromatic N) is 1. The van der Waals surface area contributed by atoms with Crippen LogP contribution < -0.4 is 0 Å². The van der Waals surface area contributed by atoms with Gasteiger partial charge in [0.05, 0.1) is 18.3 Å². The molecular weight excluding hydrogens is 224 g/mol. The molecule has 0 aliphatic carbocycles. The van der Waals surface area contributed by atoms with Gasteiger partial charge in [0, 0.05) is 5.56 Å². The number of Topliss-reactive ketones (excluding diaryl/α,β-unsaturated/α-hetero) is 1. The van der Waals surface area contributed by atoms with Crippen LogP contribution in [0.25, 0.3) is 11.3 Å². The molecule has 2 aromatic rings. The highest BCUT2D eigenvalue weighted by molar-refractivity contribution is 5.77. The number of nitrogens with one attached hydrogen (secondary N) is 1. The zero-order chi connectivity index (χ0) is 13.3. The average Bonchev–Trinajstić information content (AvgIpc) is 2.63. The summed E-state index contributed by atoms with van der Waals surface area (Å²) in [6.07, 6.45) is 2.17. The van der Waals surface area contributed by atoms with Crippen molar-refractivity contribution >= 4 is 5.78 Å². The molecule has 3 heteroatoms. The first-order chi connectivity index (χ1) is 8.47. The van der Waals surface area contributed by atoms with Gasteiger partial charge in [-0.05, 0) is 38.8 Å². The Morgan fingerprint density at radius 1 is 1.22 bits per heavy atom. The third kappa shape index (κ3) is 2.50. The minimum atomic E-state index is 0.119. The zero-order valence-electron chi connectivity index (χ0n) is 11.3. The monoisotopic (exact) mass is 242 g/mol. The molecule has 0 amide bonds. The molecule has 0 bridgehead atoms. The van der Waals surface area contributed by atoms with E-state index in [1.54, 1.807) is 6.92 Å². The molecule has 2 rings (SSSR count). The highest BCUT2D eigenvalue weighted by Crippen LogP contribution is 2.26. The number of imidazole rings is 1. The molecule has 0 atom stereocenters. The molecule has 0 unspecified atom stereocenters. The largest absolute Gasteiger partial charge is 0.342 e. The molecule has 18 heavy (non-hydrogen) atoms. The van der Waals surface area contributed by atoms with E-state index in [4.69, 9.17) is 0 Å². The van der Waals surface area contributed by atoms with Gasteiger partial charge in [0.25, 0.3) is 0 Å². The minimum Gasteiger partial charge on any atom is -0.342 e. The number of aromatic nitrogens is 2. The number of carbonyl (C=O) groups is 1. The van der Waals surface area contributed by atoms with E-state index in [9.17, 15) is 4.79 Å². The Morgan fingerprint density at radius 3 is 2.39 bits per heavy atom. The summed E-state index contributed by atoms with van der Waals surface area (Å²) in [7, 11) is 0. The van der Waals surface area contributed by atoms with Gasteiger partial charge in [0.1, 0.15) is 11.6 Å². The van der Waals surface area contributed by atoms with E-state index in [1.165, 1.54) is 22.3 Å². The fraction of sp³-hybridized carbons (Fsp3) is 0.333. The number of carbonyl (C=O) groups excluding carboxylic acids is 1. The van der Waals surface area contributed by atoms with Crippen LogP contribution in [0.4, 0.5) is 0 Å². The molecule has 0 saturated heterocycles. The van der Waals surface area contributed by atoms with Crippen molar-refractivity contribution in [3.05, 3.63) is 40.8 Å². The van der Waals surface area contributed by atoms with E-state index >= 15 is 0 Å². The average molecular weight is 242 g/mol. The van der Waals surface area contributed by atoms with Gasteiger partial charge < -0.3 is 4.98 Å². The Balaban J connectivity index is 2.43. The second-order valence-electron chi connectivity index (χ2n) is 4.90. The first kappa shape index (κ1) is 12.6. The lowest BCUT2D eigenvalue weighted by Crippen LogP contribution is -1.98. The molecular formula is C15H18N2O. The van der Waals surface area contributed by atoms with E-state index < -0.39 is 0 Å². The summed E-state index contributed by atoms with van der Waals surface area (Å²) < 4.78 is 0. The minimum absolute atomic E-state index is 0.119. The molecule has 0 spiro atoms. The maximum atomic E-state index is 11.1. The predicted octanol–water partition coefficient (Wildman–Crippen LogP) is 3.13. The van der Waals surface area contributed by atoms with Crippen molar-refractivity contribution in [1.82, 2.24) is 9.97 Å². The van der Waals surface area contributed by atoms with Gasteiger partial charge in [-0.1, -0.05) is 17.7 Å². The fourth-order valence-electron chi connectivity index (χ4n) is 2.42. The summed E-state index contributed by atoms with van der Waals surface area (Å²) in [6, 6.07) is 4.32. The van der Waals surface area contributed by atoms with Crippen LogP contribution in [0, 0.1) is 20.8 Å². The number of aromatic amines is 1. The molecule has 1 N–H and O–H groups in total. The van der Waals surface area contributed by atoms with Crippen LogP contribution in [0.15, 0.2) is 18.3 Å². The topological polar surface area (TPSA) is 45.8 Å². The normalized spacial score (nSPS) is 10.7. The summed E-state index contributed by atoms with van der Waals surface area (Å²) in [5.41, 5.74) is 5.89. The van der Waals surface area contributed by atoms with E-state index in [1.807, 2.05) is 6.20 Å². The second kappa shape index (κ2) is 4.77. The molecule has 94 valence electrons. The molecule has 0 aliphatic heterocycles. The number of hydrogen-bond acceptors (Lipinski definition) is 2. The number of benzene rings is 1. The maximum absolute atomic E-state index is 11.1. The van der Waals surface area contributed by atoms with Crippen LogP contribution in [0.3, 0.4) is 0 Å². The number of aryl methyl sites for hydroxylation is 3. The molecule has 0 saturated carbocycles.